The van der Waals surface area contributed by atoms with Gasteiger partial charge in [-0.1, -0.05) is 41.9 Å². The Kier molecular flexibility index (Phi) is 5.32. The monoisotopic (exact) mass is 430 g/mol. The summed E-state index contributed by atoms with van der Waals surface area (Å²) in [6.45, 7) is 3.59. The number of aryl methyl sites for hydroxylation is 1. The van der Waals surface area contributed by atoms with Gasteiger partial charge < -0.3 is 11.1 Å². The van der Waals surface area contributed by atoms with Crippen LogP contribution >= 0.6 is 11.6 Å². The van der Waals surface area contributed by atoms with Crippen LogP contribution in [0.5, 0.6) is 0 Å². The molecule has 2 heterocycles. The van der Waals surface area contributed by atoms with E-state index in [1.165, 1.54) is 0 Å². The van der Waals surface area contributed by atoms with E-state index in [4.69, 9.17) is 17.3 Å². The van der Waals surface area contributed by atoms with Crippen LogP contribution in [0.2, 0.25) is 5.02 Å². The molecule has 7 nitrogen and oxygen atoms in total. The number of hydrogen-bond donors (Lipinski definition) is 2. The lowest BCUT2D eigenvalue weighted by atomic mass is 10.1. The molecule has 2 aromatic heterocycles. The summed E-state index contributed by atoms with van der Waals surface area (Å²) in [6, 6.07) is 18.3. The van der Waals surface area contributed by atoms with Gasteiger partial charge in [0.2, 0.25) is 5.95 Å². The molecule has 0 radical (unpaired) electrons. The normalized spacial score (nSPS) is 11.8. The molecule has 4 aromatic rings. The zero-order chi connectivity index (χ0) is 22.1. The van der Waals surface area contributed by atoms with E-state index >= 15 is 0 Å². The van der Waals surface area contributed by atoms with Crippen molar-refractivity contribution in [1.82, 2.24) is 14.5 Å². The number of nitrogens with one attached hydrogen (secondary N) is 1. The van der Waals surface area contributed by atoms with Crippen molar-refractivity contribution >= 4 is 34.1 Å². The third kappa shape index (κ3) is 3.69. The van der Waals surface area contributed by atoms with Gasteiger partial charge >= 0.3 is 0 Å². The smallest absolute Gasteiger partial charge is 0.264 e. The first kappa shape index (κ1) is 20.4. The second-order valence-electron chi connectivity index (χ2n) is 7.12. The number of nitrogen functional groups attached to an aromatic ring is 1. The molecule has 31 heavy (non-hydrogen) atoms. The lowest BCUT2D eigenvalue weighted by Gasteiger charge is -2.22. The average Bonchev–Trinajstić information content (AvgIpc) is 2.74. The molecular formula is C23H19ClN6O. The Hall–Kier alpha value is -3.89. The molecule has 0 fully saturated rings. The number of nitrogens with two attached hydrogens (primary N) is 1. The number of rotatable bonds is 4. The maximum Gasteiger partial charge on any atom is 0.264 e. The molecule has 1 unspecified atom stereocenters. The highest BCUT2D eigenvalue weighted by Gasteiger charge is 2.20. The molecule has 2 aromatic carbocycles. The van der Waals surface area contributed by atoms with E-state index < -0.39 is 6.04 Å². The standard InChI is InChI=1S/C23H19ClN6O/c1-13-17(12-25)21(29-23(26)28-13)27-14(2)19-11-15-7-6-10-18(24)20(15)22(31)30(19)16-8-4-3-5-9-16/h3-11,14H,1-2H3,(H3,26,27,28,29). The van der Waals surface area contributed by atoms with Crippen LogP contribution in [-0.4, -0.2) is 14.5 Å². The molecule has 0 saturated heterocycles. The first-order chi connectivity index (χ1) is 14.9. The van der Waals surface area contributed by atoms with E-state index in [0.29, 0.717) is 38.9 Å². The average molecular weight is 431 g/mol. The molecule has 0 bridgehead atoms. The van der Waals surface area contributed by atoms with Gasteiger partial charge in [-0.15, -0.1) is 0 Å². The molecule has 0 aliphatic rings. The van der Waals surface area contributed by atoms with Crippen LogP contribution in [0, 0.1) is 18.3 Å². The number of nitriles is 1. The first-order valence-electron chi connectivity index (χ1n) is 9.61. The quantitative estimate of drug-likeness (QED) is 0.497. The fourth-order valence-electron chi connectivity index (χ4n) is 3.61. The summed E-state index contributed by atoms with van der Waals surface area (Å²) < 4.78 is 1.62. The predicted molar refractivity (Wildman–Crippen MR) is 122 cm³/mol. The van der Waals surface area contributed by atoms with Crippen molar-refractivity contribution in [3.05, 3.63) is 86.9 Å². The van der Waals surface area contributed by atoms with Crippen LogP contribution in [0.25, 0.3) is 16.5 Å². The second kappa shape index (κ2) is 8.09. The molecule has 0 aliphatic carbocycles. The Balaban J connectivity index is 1.94. The minimum atomic E-state index is -0.392. The van der Waals surface area contributed by atoms with Crippen molar-refractivity contribution in [3.8, 4) is 11.8 Å². The maximum absolute atomic E-state index is 13.5. The number of aromatic nitrogens is 3. The fourth-order valence-corrected chi connectivity index (χ4v) is 3.88. The molecule has 0 saturated carbocycles. The zero-order valence-corrected chi connectivity index (χ0v) is 17.7. The molecule has 4 rings (SSSR count). The highest BCUT2D eigenvalue weighted by molar-refractivity contribution is 6.35. The number of pyridine rings is 1. The summed E-state index contributed by atoms with van der Waals surface area (Å²) in [5, 5.41) is 14.3. The highest BCUT2D eigenvalue weighted by Crippen LogP contribution is 2.28. The van der Waals surface area contributed by atoms with Crippen LogP contribution < -0.4 is 16.6 Å². The van der Waals surface area contributed by atoms with Crippen LogP contribution in [-0.2, 0) is 0 Å². The van der Waals surface area contributed by atoms with Crippen molar-refractivity contribution < 1.29 is 0 Å². The summed E-state index contributed by atoms with van der Waals surface area (Å²) in [4.78, 5) is 21.8. The van der Waals surface area contributed by atoms with Gasteiger partial charge in [0.25, 0.3) is 5.56 Å². The Morgan fingerprint density at radius 1 is 1.16 bits per heavy atom. The van der Waals surface area contributed by atoms with E-state index in [1.54, 1.807) is 23.6 Å². The van der Waals surface area contributed by atoms with Gasteiger partial charge in [-0.3, -0.25) is 9.36 Å². The van der Waals surface area contributed by atoms with E-state index in [9.17, 15) is 10.1 Å². The third-order valence-electron chi connectivity index (χ3n) is 5.05. The summed E-state index contributed by atoms with van der Waals surface area (Å²) in [5.41, 5.74) is 7.74. The molecule has 8 heteroatoms. The van der Waals surface area contributed by atoms with Crippen molar-refractivity contribution in [2.75, 3.05) is 11.1 Å². The largest absolute Gasteiger partial charge is 0.368 e. The SMILES string of the molecule is Cc1nc(N)nc(NC(C)c2cc3cccc(Cl)c3c(=O)n2-c2ccccc2)c1C#N. The topological polar surface area (TPSA) is 110 Å². The minimum Gasteiger partial charge on any atom is -0.368 e. The number of hydrogen-bond acceptors (Lipinski definition) is 6. The summed E-state index contributed by atoms with van der Waals surface area (Å²) in [5.74, 6) is 0.384. The van der Waals surface area contributed by atoms with Gasteiger partial charge in [-0.05, 0) is 43.5 Å². The van der Waals surface area contributed by atoms with Gasteiger partial charge in [0.05, 0.1) is 22.1 Å². The molecule has 3 N–H and O–H groups in total. The summed E-state index contributed by atoms with van der Waals surface area (Å²) >= 11 is 6.36. The first-order valence-corrected chi connectivity index (χ1v) is 9.99. The number of anilines is 2. The molecule has 0 amide bonds. The number of nitrogens with zero attached hydrogens (tertiary/aromatic N) is 4. The van der Waals surface area contributed by atoms with Crippen molar-refractivity contribution in [2.24, 2.45) is 0 Å². The predicted octanol–water partition coefficient (Wildman–Crippen LogP) is 4.37. The lowest BCUT2D eigenvalue weighted by molar-refractivity contribution is 0.772. The van der Waals surface area contributed by atoms with Crippen LogP contribution in [0.1, 0.15) is 29.9 Å². The highest BCUT2D eigenvalue weighted by atomic mass is 35.5. The van der Waals surface area contributed by atoms with Gasteiger partial charge in [0.1, 0.15) is 17.5 Å². The van der Waals surface area contributed by atoms with Gasteiger partial charge in [-0.25, -0.2) is 4.98 Å². The maximum atomic E-state index is 13.5. The Labute approximate surface area is 183 Å². The van der Waals surface area contributed by atoms with Crippen molar-refractivity contribution in [3.63, 3.8) is 0 Å². The summed E-state index contributed by atoms with van der Waals surface area (Å²) in [7, 11) is 0. The fraction of sp³-hybridized carbons (Fsp3) is 0.130. The van der Waals surface area contributed by atoms with Crippen molar-refractivity contribution in [2.45, 2.75) is 19.9 Å². The van der Waals surface area contributed by atoms with Crippen LogP contribution in [0.3, 0.4) is 0 Å². The third-order valence-corrected chi connectivity index (χ3v) is 5.37. The van der Waals surface area contributed by atoms with E-state index in [2.05, 4.69) is 21.4 Å². The lowest BCUT2D eigenvalue weighted by Crippen LogP contribution is -2.26. The molecule has 154 valence electrons. The Morgan fingerprint density at radius 2 is 1.90 bits per heavy atom. The Morgan fingerprint density at radius 3 is 2.61 bits per heavy atom. The minimum absolute atomic E-state index is 0.0666. The molecular weight excluding hydrogens is 412 g/mol. The van der Waals surface area contributed by atoms with Crippen molar-refractivity contribution in [1.29, 1.82) is 5.26 Å². The zero-order valence-electron chi connectivity index (χ0n) is 16.9. The van der Waals surface area contributed by atoms with E-state index in [1.807, 2.05) is 49.4 Å². The molecule has 1 atom stereocenters. The number of halogens is 1. The van der Waals surface area contributed by atoms with E-state index in [-0.39, 0.29) is 11.5 Å². The van der Waals surface area contributed by atoms with Gasteiger partial charge in [0, 0.05) is 11.4 Å². The van der Waals surface area contributed by atoms with Crippen LogP contribution in [0.4, 0.5) is 11.8 Å². The number of fused-ring (bicyclic) bond motifs is 1. The van der Waals surface area contributed by atoms with Crippen LogP contribution in [0.15, 0.2) is 59.4 Å². The summed E-state index contributed by atoms with van der Waals surface area (Å²) in [6.07, 6.45) is 0. The number of para-hydroxylation sites is 1. The molecule has 0 aliphatic heterocycles. The molecule has 0 spiro atoms. The van der Waals surface area contributed by atoms with Gasteiger partial charge in [-0.2, -0.15) is 10.2 Å². The van der Waals surface area contributed by atoms with Gasteiger partial charge in [0.15, 0.2) is 0 Å². The number of benzene rings is 2. The van der Waals surface area contributed by atoms with E-state index in [0.717, 1.165) is 5.39 Å². The second-order valence-corrected chi connectivity index (χ2v) is 7.53. The Bertz CT molecular complexity index is 1390.